The predicted octanol–water partition coefficient (Wildman–Crippen LogP) is 5.02. The molecule has 0 atom stereocenters. The minimum atomic E-state index is -4.49. The van der Waals surface area contributed by atoms with Crippen LogP contribution < -0.4 is 4.74 Å². The molecular weight excluding hydrogens is 291 g/mol. The summed E-state index contributed by atoms with van der Waals surface area (Å²) in [5, 5.41) is 8.94. The van der Waals surface area contributed by atoms with Gasteiger partial charge >= 0.3 is 6.18 Å². The average molecular weight is 298 g/mol. The van der Waals surface area contributed by atoms with E-state index >= 15 is 0 Å². The van der Waals surface area contributed by atoms with Crippen LogP contribution in [0.25, 0.3) is 0 Å². The average Bonchev–Trinajstić information content (AvgIpc) is 2.40. The highest BCUT2D eigenvalue weighted by molar-refractivity contribution is 6.32. The molecule has 0 saturated carbocycles. The Balaban J connectivity index is 2.41. The monoisotopic (exact) mass is 297 g/mol. The molecule has 0 aliphatic carbocycles. The number of nitrogens with zero attached hydrogens (tertiary/aromatic N) is 1. The van der Waals surface area contributed by atoms with E-state index in [1.54, 1.807) is 12.1 Å². The van der Waals surface area contributed by atoms with Gasteiger partial charge in [-0.05, 0) is 30.3 Å². The van der Waals surface area contributed by atoms with Crippen molar-refractivity contribution in [3.05, 3.63) is 58.6 Å². The van der Waals surface area contributed by atoms with Gasteiger partial charge in [-0.1, -0.05) is 23.7 Å². The maximum Gasteiger partial charge on any atom is 0.416 e. The topological polar surface area (TPSA) is 33.0 Å². The van der Waals surface area contributed by atoms with Crippen molar-refractivity contribution in [2.24, 2.45) is 0 Å². The van der Waals surface area contributed by atoms with E-state index in [2.05, 4.69) is 0 Å². The van der Waals surface area contributed by atoms with Crippen LogP contribution in [-0.4, -0.2) is 0 Å². The summed E-state index contributed by atoms with van der Waals surface area (Å²) in [6.07, 6.45) is -4.49. The molecule has 2 aromatic rings. The summed E-state index contributed by atoms with van der Waals surface area (Å²) in [4.78, 5) is 0. The summed E-state index contributed by atoms with van der Waals surface area (Å²) in [7, 11) is 0. The third kappa shape index (κ3) is 3.03. The first-order valence-electron chi connectivity index (χ1n) is 5.45. The second kappa shape index (κ2) is 5.43. The van der Waals surface area contributed by atoms with Crippen molar-refractivity contribution in [3.8, 4) is 17.6 Å². The predicted molar refractivity (Wildman–Crippen MR) is 67.7 cm³/mol. The molecule has 0 N–H and O–H groups in total. The lowest BCUT2D eigenvalue weighted by atomic mass is 10.2. The molecule has 0 amide bonds. The van der Waals surface area contributed by atoms with Crippen LogP contribution in [-0.2, 0) is 6.18 Å². The highest BCUT2D eigenvalue weighted by atomic mass is 35.5. The maximum atomic E-state index is 12.6. The first kappa shape index (κ1) is 14.2. The number of hydrogen-bond acceptors (Lipinski definition) is 2. The minimum absolute atomic E-state index is 0.0331. The fourth-order valence-corrected chi connectivity index (χ4v) is 1.68. The number of rotatable bonds is 2. The summed E-state index contributed by atoms with van der Waals surface area (Å²) in [6, 6.07) is 10.9. The zero-order valence-corrected chi connectivity index (χ0v) is 10.7. The van der Waals surface area contributed by atoms with Gasteiger partial charge in [-0.3, -0.25) is 0 Å². The maximum absolute atomic E-state index is 12.6. The molecule has 0 bridgehead atoms. The van der Waals surface area contributed by atoms with Gasteiger partial charge in [0.1, 0.15) is 17.6 Å². The molecular formula is C14H7ClF3NO. The van der Waals surface area contributed by atoms with E-state index in [0.29, 0.717) is 0 Å². The zero-order valence-electron chi connectivity index (χ0n) is 9.91. The quantitative estimate of drug-likeness (QED) is 0.779. The van der Waals surface area contributed by atoms with Crippen molar-refractivity contribution in [1.82, 2.24) is 0 Å². The van der Waals surface area contributed by atoms with Gasteiger partial charge in [0.15, 0.2) is 0 Å². The molecule has 0 spiro atoms. The van der Waals surface area contributed by atoms with Crippen molar-refractivity contribution in [3.63, 3.8) is 0 Å². The molecule has 0 aliphatic heterocycles. The summed E-state index contributed by atoms with van der Waals surface area (Å²) in [6.45, 7) is 0. The second-order valence-electron chi connectivity index (χ2n) is 3.85. The first-order chi connectivity index (χ1) is 9.41. The molecule has 0 unspecified atom stereocenters. The van der Waals surface area contributed by atoms with Crippen molar-refractivity contribution < 1.29 is 17.9 Å². The molecule has 0 aliphatic rings. The normalized spacial score (nSPS) is 10.9. The van der Waals surface area contributed by atoms with Crippen LogP contribution in [0, 0.1) is 11.3 Å². The van der Waals surface area contributed by atoms with E-state index in [4.69, 9.17) is 21.6 Å². The lowest BCUT2D eigenvalue weighted by Gasteiger charge is -2.12. The molecule has 0 aromatic heterocycles. The molecule has 2 nitrogen and oxygen atoms in total. The van der Waals surface area contributed by atoms with Gasteiger partial charge in [-0.15, -0.1) is 0 Å². The van der Waals surface area contributed by atoms with Crippen LogP contribution in [0.1, 0.15) is 11.1 Å². The third-order valence-corrected chi connectivity index (χ3v) is 2.80. The summed E-state index contributed by atoms with van der Waals surface area (Å²) < 4.78 is 43.2. The van der Waals surface area contributed by atoms with E-state index in [0.717, 1.165) is 18.2 Å². The van der Waals surface area contributed by atoms with Crippen molar-refractivity contribution >= 4 is 11.6 Å². The molecule has 0 fully saturated rings. The van der Waals surface area contributed by atoms with E-state index in [-0.39, 0.29) is 22.1 Å². The fourth-order valence-electron chi connectivity index (χ4n) is 1.52. The minimum Gasteiger partial charge on any atom is -0.454 e. The summed E-state index contributed by atoms with van der Waals surface area (Å²) in [5.41, 5.74) is -0.660. The number of halogens is 4. The Labute approximate surface area is 118 Å². The van der Waals surface area contributed by atoms with Gasteiger partial charge in [0.25, 0.3) is 0 Å². The first-order valence-corrected chi connectivity index (χ1v) is 5.83. The summed E-state index contributed by atoms with van der Waals surface area (Å²) in [5.74, 6) is 0.000385. The molecule has 0 radical (unpaired) electrons. The lowest BCUT2D eigenvalue weighted by Crippen LogP contribution is -2.04. The van der Waals surface area contributed by atoms with Crippen LogP contribution >= 0.6 is 11.6 Å². The van der Waals surface area contributed by atoms with Gasteiger partial charge in [0.05, 0.1) is 16.1 Å². The number of para-hydroxylation sites is 1. The number of alkyl halides is 3. The van der Waals surface area contributed by atoms with Gasteiger partial charge in [-0.2, -0.15) is 18.4 Å². The Kier molecular flexibility index (Phi) is 3.86. The van der Waals surface area contributed by atoms with Gasteiger partial charge in [0, 0.05) is 0 Å². The molecule has 20 heavy (non-hydrogen) atoms. The van der Waals surface area contributed by atoms with E-state index in [9.17, 15) is 13.2 Å². The standard InChI is InChI=1S/C14H7ClF3NO/c15-11-6-5-10(14(16,17)18)7-13(11)20-12-4-2-1-3-9(12)8-19/h1-7H. The summed E-state index contributed by atoms with van der Waals surface area (Å²) >= 11 is 5.82. The van der Waals surface area contributed by atoms with Gasteiger partial charge < -0.3 is 4.74 Å². The molecule has 102 valence electrons. The zero-order chi connectivity index (χ0) is 14.8. The molecule has 2 rings (SSSR count). The lowest BCUT2D eigenvalue weighted by molar-refractivity contribution is -0.137. The Bertz CT molecular complexity index is 677. The number of hydrogen-bond donors (Lipinski definition) is 0. The molecule has 0 heterocycles. The largest absolute Gasteiger partial charge is 0.454 e. The van der Waals surface area contributed by atoms with Crippen LogP contribution in [0.4, 0.5) is 13.2 Å². The fraction of sp³-hybridized carbons (Fsp3) is 0.0714. The van der Waals surface area contributed by atoms with Crippen LogP contribution in [0.5, 0.6) is 11.5 Å². The van der Waals surface area contributed by atoms with E-state index in [1.165, 1.54) is 12.1 Å². The molecule has 2 aromatic carbocycles. The van der Waals surface area contributed by atoms with Gasteiger partial charge in [0.2, 0.25) is 0 Å². The number of benzene rings is 2. The third-order valence-electron chi connectivity index (χ3n) is 2.49. The Hall–Kier alpha value is -2.19. The number of nitriles is 1. The van der Waals surface area contributed by atoms with E-state index in [1.807, 2.05) is 6.07 Å². The van der Waals surface area contributed by atoms with Crippen LogP contribution in [0.2, 0.25) is 5.02 Å². The smallest absolute Gasteiger partial charge is 0.416 e. The molecule has 6 heteroatoms. The van der Waals surface area contributed by atoms with Crippen molar-refractivity contribution in [2.75, 3.05) is 0 Å². The second-order valence-corrected chi connectivity index (χ2v) is 4.26. The van der Waals surface area contributed by atoms with Crippen molar-refractivity contribution in [2.45, 2.75) is 6.18 Å². The number of ether oxygens (including phenoxy) is 1. The SMILES string of the molecule is N#Cc1ccccc1Oc1cc(C(F)(F)F)ccc1Cl. The van der Waals surface area contributed by atoms with Crippen LogP contribution in [0.3, 0.4) is 0 Å². The Morgan fingerprint density at radius 3 is 2.40 bits per heavy atom. The van der Waals surface area contributed by atoms with Crippen LogP contribution in [0.15, 0.2) is 42.5 Å². The van der Waals surface area contributed by atoms with Gasteiger partial charge in [-0.25, -0.2) is 0 Å². The highest BCUT2D eigenvalue weighted by Crippen LogP contribution is 2.37. The molecule has 0 saturated heterocycles. The van der Waals surface area contributed by atoms with E-state index < -0.39 is 11.7 Å². The highest BCUT2D eigenvalue weighted by Gasteiger charge is 2.31. The van der Waals surface area contributed by atoms with Crippen molar-refractivity contribution in [1.29, 1.82) is 5.26 Å². The Morgan fingerprint density at radius 1 is 1.05 bits per heavy atom. The Morgan fingerprint density at radius 2 is 1.75 bits per heavy atom.